The highest BCUT2D eigenvalue weighted by Crippen LogP contribution is 2.12. The lowest BCUT2D eigenvalue weighted by atomic mass is 10.1. The molecule has 0 spiro atoms. The molecule has 4 heteroatoms. The smallest absolute Gasteiger partial charge is 0.313 e. The van der Waals surface area contributed by atoms with Gasteiger partial charge in [0, 0.05) is 6.61 Å². The van der Waals surface area contributed by atoms with Crippen molar-refractivity contribution in [3.05, 3.63) is 0 Å². The van der Waals surface area contributed by atoms with Gasteiger partial charge < -0.3 is 9.84 Å². The number of thioether (sulfide) groups is 1. The van der Waals surface area contributed by atoms with E-state index in [1.165, 1.54) is 50.3 Å². The second-order valence-electron chi connectivity index (χ2n) is 4.26. The molecule has 0 fully saturated rings. The summed E-state index contributed by atoms with van der Waals surface area (Å²) in [5, 5.41) is 8.50. The molecule has 0 bridgehead atoms. The Morgan fingerprint density at radius 3 is 2.35 bits per heavy atom. The van der Waals surface area contributed by atoms with Gasteiger partial charge in [0.1, 0.15) is 5.44 Å². The zero-order chi connectivity index (χ0) is 12.9. The van der Waals surface area contributed by atoms with Crippen LogP contribution in [0.5, 0.6) is 0 Å². The number of unbranched alkanes of at least 4 members (excludes halogenated alkanes) is 6. The Morgan fingerprint density at radius 2 is 1.76 bits per heavy atom. The van der Waals surface area contributed by atoms with E-state index in [4.69, 9.17) is 9.84 Å². The zero-order valence-electron chi connectivity index (χ0n) is 11.1. The third kappa shape index (κ3) is 13.7. The molecule has 0 saturated heterocycles. The molecule has 0 heterocycles. The largest absolute Gasteiger partial charge is 0.481 e. The molecule has 0 aromatic rings. The van der Waals surface area contributed by atoms with Crippen molar-refractivity contribution in [3.8, 4) is 0 Å². The van der Waals surface area contributed by atoms with Gasteiger partial charge in [-0.15, -0.1) is 11.8 Å². The van der Waals surface area contributed by atoms with Crippen molar-refractivity contribution in [2.24, 2.45) is 0 Å². The Morgan fingerprint density at radius 1 is 1.18 bits per heavy atom. The van der Waals surface area contributed by atoms with E-state index in [-0.39, 0.29) is 11.2 Å². The van der Waals surface area contributed by atoms with Crippen LogP contribution in [0.4, 0.5) is 0 Å². The van der Waals surface area contributed by atoms with Gasteiger partial charge >= 0.3 is 5.97 Å². The fourth-order valence-corrected chi connectivity index (χ4v) is 2.11. The first-order chi connectivity index (χ1) is 8.16. The summed E-state index contributed by atoms with van der Waals surface area (Å²) in [5.74, 6) is -0.653. The lowest BCUT2D eigenvalue weighted by Crippen LogP contribution is -2.09. The van der Waals surface area contributed by atoms with Crippen LogP contribution in [0.1, 0.15) is 58.8 Å². The van der Waals surface area contributed by atoms with Gasteiger partial charge in [-0.1, -0.05) is 45.4 Å². The van der Waals surface area contributed by atoms with E-state index < -0.39 is 5.97 Å². The Kier molecular flexibility index (Phi) is 12.1. The highest BCUT2D eigenvalue weighted by atomic mass is 32.2. The van der Waals surface area contributed by atoms with E-state index in [2.05, 4.69) is 6.92 Å². The fourth-order valence-electron chi connectivity index (χ4n) is 1.55. The summed E-state index contributed by atoms with van der Waals surface area (Å²) >= 11 is 1.34. The molecule has 3 nitrogen and oxygen atoms in total. The van der Waals surface area contributed by atoms with E-state index in [0.29, 0.717) is 0 Å². The molecule has 0 aliphatic rings. The van der Waals surface area contributed by atoms with E-state index in [0.717, 1.165) is 13.0 Å². The van der Waals surface area contributed by atoms with Crippen LogP contribution >= 0.6 is 11.8 Å². The van der Waals surface area contributed by atoms with E-state index in [9.17, 15) is 4.79 Å². The number of carboxylic acid groups (broad SMARTS) is 1. The standard InChI is InChI=1S/C13H26O3S/c1-3-4-5-6-7-8-9-10-16-12(2)17-11-13(14)15/h12H,3-11H2,1-2H3,(H,14,15). The molecule has 0 rings (SSSR count). The van der Waals surface area contributed by atoms with Crippen LogP contribution in [0.3, 0.4) is 0 Å². The predicted octanol–water partition coefficient (Wildman–Crippen LogP) is 3.92. The second kappa shape index (κ2) is 12.2. The van der Waals surface area contributed by atoms with Gasteiger partial charge in [0.15, 0.2) is 0 Å². The van der Waals surface area contributed by atoms with Gasteiger partial charge in [0.2, 0.25) is 0 Å². The Labute approximate surface area is 109 Å². The predicted molar refractivity (Wildman–Crippen MR) is 73.5 cm³/mol. The molecule has 0 amide bonds. The summed E-state index contributed by atoms with van der Waals surface area (Å²) in [6.45, 7) is 4.89. The van der Waals surface area contributed by atoms with Crippen molar-refractivity contribution in [2.75, 3.05) is 12.4 Å². The molecule has 1 N–H and O–H groups in total. The first kappa shape index (κ1) is 16.8. The molecule has 0 radical (unpaired) electrons. The molecule has 0 aliphatic carbocycles. The first-order valence-corrected chi connectivity index (χ1v) is 7.66. The number of hydrogen-bond acceptors (Lipinski definition) is 3. The van der Waals surface area contributed by atoms with Crippen LogP contribution in [0.2, 0.25) is 0 Å². The lowest BCUT2D eigenvalue weighted by Gasteiger charge is -2.11. The summed E-state index contributed by atoms with van der Waals surface area (Å²) in [5.41, 5.74) is -0.00816. The van der Waals surface area contributed by atoms with Crippen LogP contribution in [0.15, 0.2) is 0 Å². The van der Waals surface area contributed by atoms with Crippen LogP contribution < -0.4 is 0 Å². The molecule has 1 atom stereocenters. The monoisotopic (exact) mass is 262 g/mol. The maximum absolute atomic E-state index is 10.3. The third-order valence-corrected chi connectivity index (χ3v) is 3.56. The molecule has 0 aliphatic heterocycles. The minimum absolute atomic E-state index is 0.00816. The van der Waals surface area contributed by atoms with Gasteiger partial charge in [-0.25, -0.2) is 0 Å². The SMILES string of the molecule is CCCCCCCCCOC(C)SCC(=O)O. The van der Waals surface area contributed by atoms with Crippen LogP contribution in [0.25, 0.3) is 0 Å². The lowest BCUT2D eigenvalue weighted by molar-refractivity contribution is -0.133. The molecule has 0 aromatic heterocycles. The van der Waals surface area contributed by atoms with Gasteiger partial charge in [-0.3, -0.25) is 4.79 Å². The Balaban J connectivity index is 3.13. The topological polar surface area (TPSA) is 46.5 Å². The van der Waals surface area contributed by atoms with Gasteiger partial charge in [-0.05, 0) is 13.3 Å². The summed E-state index contributed by atoms with van der Waals surface area (Å²) in [6, 6.07) is 0. The normalized spacial score (nSPS) is 12.6. The maximum atomic E-state index is 10.3. The number of carboxylic acids is 1. The molecule has 0 saturated carbocycles. The summed E-state index contributed by atoms with van der Waals surface area (Å²) in [6.07, 6.45) is 8.92. The van der Waals surface area contributed by atoms with Crippen molar-refractivity contribution < 1.29 is 14.6 Å². The minimum atomic E-state index is -0.777. The molecule has 17 heavy (non-hydrogen) atoms. The van der Waals surface area contributed by atoms with Crippen LogP contribution in [-0.4, -0.2) is 28.9 Å². The minimum Gasteiger partial charge on any atom is -0.481 e. The number of rotatable bonds is 12. The number of ether oxygens (including phenoxy) is 1. The molecular formula is C13H26O3S. The molecular weight excluding hydrogens is 236 g/mol. The average Bonchev–Trinajstić information content (AvgIpc) is 2.30. The summed E-state index contributed by atoms with van der Waals surface area (Å²) in [4.78, 5) is 10.3. The van der Waals surface area contributed by atoms with Crippen molar-refractivity contribution in [2.45, 2.75) is 64.2 Å². The van der Waals surface area contributed by atoms with Crippen molar-refractivity contribution in [1.29, 1.82) is 0 Å². The van der Waals surface area contributed by atoms with Gasteiger partial charge in [0.25, 0.3) is 0 Å². The van der Waals surface area contributed by atoms with E-state index in [1.807, 2.05) is 6.92 Å². The highest BCUT2D eigenvalue weighted by Gasteiger charge is 2.05. The number of carbonyl (C=O) groups is 1. The first-order valence-electron chi connectivity index (χ1n) is 6.61. The van der Waals surface area contributed by atoms with Crippen molar-refractivity contribution >= 4 is 17.7 Å². The Hall–Kier alpha value is -0.220. The van der Waals surface area contributed by atoms with Crippen LogP contribution in [-0.2, 0) is 9.53 Å². The highest BCUT2D eigenvalue weighted by molar-refractivity contribution is 8.00. The number of aliphatic carboxylic acids is 1. The zero-order valence-corrected chi connectivity index (χ0v) is 11.9. The van der Waals surface area contributed by atoms with Crippen molar-refractivity contribution in [1.82, 2.24) is 0 Å². The molecule has 1 unspecified atom stereocenters. The van der Waals surface area contributed by atoms with E-state index in [1.54, 1.807) is 0 Å². The Bertz CT molecular complexity index is 186. The fraction of sp³-hybridized carbons (Fsp3) is 0.923. The molecule has 102 valence electrons. The average molecular weight is 262 g/mol. The van der Waals surface area contributed by atoms with E-state index >= 15 is 0 Å². The van der Waals surface area contributed by atoms with Gasteiger partial charge in [-0.2, -0.15) is 0 Å². The van der Waals surface area contributed by atoms with Crippen molar-refractivity contribution in [3.63, 3.8) is 0 Å². The quantitative estimate of drug-likeness (QED) is 0.428. The maximum Gasteiger partial charge on any atom is 0.313 e. The van der Waals surface area contributed by atoms with Crippen LogP contribution in [0, 0.1) is 0 Å². The van der Waals surface area contributed by atoms with Gasteiger partial charge in [0.05, 0.1) is 5.75 Å². The summed E-state index contributed by atoms with van der Waals surface area (Å²) < 4.78 is 5.52. The number of hydrogen-bond donors (Lipinski definition) is 1. The summed E-state index contributed by atoms with van der Waals surface area (Å²) in [7, 11) is 0. The third-order valence-electron chi connectivity index (χ3n) is 2.54. The second-order valence-corrected chi connectivity index (χ2v) is 5.55. The molecule has 0 aromatic carbocycles.